The SMILES string of the molecule is C=Cc1coc(-c2ccccc2)n1. The molecule has 0 unspecified atom stereocenters. The fourth-order valence-corrected chi connectivity index (χ4v) is 1.09. The van der Waals surface area contributed by atoms with Gasteiger partial charge in [0, 0.05) is 5.56 Å². The van der Waals surface area contributed by atoms with E-state index in [2.05, 4.69) is 11.6 Å². The Bertz CT molecular complexity index is 403. The number of oxazole rings is 1. The molecule has 1 heterocycles. The van der Waals surface area contributed by atoms with Gasteiger partial charge in [-0.15, -0.1) is 0 Å². The molecule has 1 aromatic heterocycles. The van der Waals surface area contributed by atoms with Gasteiger partial charge in [-0.1, -0.05) is 24.8 Å². The highest BCUT2D eigenvalue weighted by molar-refractivity contribution is 5.54. The molecule has 0 amide bonds. The lowest BCUT2D eigenvalue weighted by molar-refractivity contribution is 0.574. The summed E-state index contributed by atoms with van der Waals surface area (Å²) in [4.78, 5) is 4.21. The van der Waals surface area contributed by atoms with Gasteiger partial charge in [0.05, 0.1) is 0 Å². The van der Waals surface area contributed by atoms with E-state index in [1.807, 2.05) is 30.3 Å². The molecule has 2 heteroatoms. The Hall–Kier alpha value is -1.83. The van der Waals surface area contributed by atoms with Gasteiger partial charge < -0.3 is 4.42 Å². The zero-order valence-corrected chi connectivity index (χ0v) is 7.10. The number of benzene rings is 1. The van der Waals surface area contributed by atoms with Crippen molar-refractivity contribution in [3.63, 3.8) is 0 Å². The van der Waals surface area contributed by atoms with Gasteiger partial charge in [0.2, 0.25) is 5.89 Å². The standard InChI is InChI=1S/C11H9NO/c1-2-10-8-13-11(12-10)9-6-4-3-5-7-9/h2-8H,1H2. The highest BCUT2D eigenvalue weighted by atomic mass is 16.3. The maximum Gasteiger partial charge on any atom is 0.226 e. The maximum absolute atomic E-state index is 5.26. The third-order valence-corrected chi connectivity index (χ3v) is 1.75. The molecule has 0 saturated carbocycles. The number of nitrogens with zero attached hydrogens (tertiary/aromatic N) is 1. The summed E-state index contributed by atoms with van der Waals surface area (Å²) < 4.78 is 5.26. The summed E-state index contributed by atoms with van der Waals surface area (Å²) in [6.45, 7) is 3.62. The molecule has 0 radical (unpaired) electrons. The van der Waals surface area contributed by atoms with Gasteiger partial charge >= 0.3 is 0 Å². The second-order valence-electron chi connectivity index (χ2n) is 2.65. The molecule has 0 aliphatic heterocycles. The molecule has 0 spiro atoms. The topological polar surface area (TPSA) is 26.0 Å². The van der Waals surface area contributed by atoms with Gasteiger partial charge in [-0.2, -0.15) is 0 Å². The van der Waals surface area contributed by atoms with E-state index in [9.17, 15) is 0 Å². The molecule has 1 aromatic carbocycles. The Morgan fingerprint density at radius 2 is 2.00 bits per heavy atom. The maximum atomic E-state index is 5.26. The van der Waals surface area contributed by atoms with Crippen molar-refractivity contribution in [3.8, 4) is 11.5 Å². The van der Waals surface area contributed by atoms with E-state index in [4.69, 9.17) is 4.42 Å². The van der Waals surface area contributed by atoms with Crippen molar-refractivity contribution in [2.24, 2.45) is 0 Å². The molecule has 0 atom stereocenters. The molecule has 0 aliphatic carbocycles. The summed E-state index contributed by atoms with van der Waals surface area (Å²) >= 11 is 0. The summed E-state index contributed by atoms with van der Waals surface area (Å²) in [5, 5.41) is 0. The second-order valence-corrected chi connectivity index (χ2v) is 2.65. The van der Waals surface area contributed by atoms with Crippen LogP contribution in [-0.4, -0.2) is 4.98 Å². The Labute approximate surface area is 76.5 Å². The molecular formula is C11H9NO. The van der Waals surface area contributed by atoms with Crippen LogP contribution in [0.25, 0.3) is 17.5 Å². The molecule has 64 valence electrons. The first-order valence-electron chi connectivity index (χ1n) is 4.03. The first-order chi connectivity index (χ1) is 6.40. The largest absolute Gasteiger partial charge is 0.444 e. The van der Waals surface area contributed by atoms with Crippen LogP contribution >= 0.6 is 0 Å². The first-order valence-corrected chi connectivity index (χ1v) is 4.03. The summed E-state index contributed by atoms with van der Waals surface area (Å²) in [5.41, 5.74) is 1.74. The fourth-order valence-electron chi connectivity index (χ4n) is 1.09. The van der Waals surface area contributed by atoms with Gasteiger partial charge in [0.25, 0.3) is 0 Å². The zero-order chi connectivity index (χ0) is 9.10. The van der Waals surface area contributed by atoms with E-state index in [1.165, 1.54) is 0 Å². The minimum absolute atomic E-state index is 0.635. The van der Waals surface area contributed by atoms with Gasteiger partial charge in [-0.3, -0.25) is 0 Å². The van der Waals surface area contributed by atoms with Crippen molar-refractivity contribution in [3.05, 3.63) is 48.9 Å². The van der Waals surface area contributed by atoms with Crippen LogP contribution in [-0.2, 0) is 0 Å². The summed E-state index contributed by atoms with van der Waals surface area (Å²) in [6, 6.07) is 9.78. The molecule has 0 fully saturated rings. The second kappa shape index (κ2) is 3.27. The molecule has 2 rings (SSSR count). The lowest BCUT2D eigenvalue weighted by Crippen LogP contribution is -1.76. The minimum Gasteiger partial charge on any atom is -0.444 e. The zero-order valence-electron chi connectivity index (χ0n) is 7.10. The van der Waals surface area contributed by atoms with E-state index >= 15 is 0 Å². The third kappa shape index (κ3) is 1.51. The molecule has 0 saturated heterocycles. The predicted octanol–water partition coefficient (Wildman–Crippen LogP) is 2.98. The predicted molar refractivity (Wildman–Crippen MR) is 52.0 cm³/mol. The normalized spacial score (nSPS) is 9.85. The first kappa shape index (κ1) is 7.80. The van der Waals surface area contributed by atoms with Crippen LogP contribution in [0.3, 0.4) is 0 Å². The van der Waals surface area contributed by atoms with Crippen LogP contribution in [0.2, 0.25) is 0 Å². The molecule has 2 nitrogen and oxygen atoms in total. The van der Waals surface area contributed by atoms with Crippen molar-refractivity contribution in [1.82, 2.24) is 4.98 Å². The van der Waals surface area contributed by atoms with Crippen LogP contribution in [0, 0.1) is 0 Å². The number of hydrogen-bond acceptors (Lipinski definition) is 2. The Kier molecular flexibility index (Phi) is 1.96. The molecular weight excluding hydrogens is 162 g/mol. The molecule has 2 aromatic rings. The number of hydrogen-bond donors (Lipinski definition) is 0. The highest BCUT2D eigenvalue weighted by Gasteiger charge is 2.02. The Morgan fingerprint density at radius 3 is 2.62 bits per heavy atom. The van der Waals surface area contributed by atoms with Crippen LogP contribution in [0.15, 0.2) is 47.6 Å². The average Bonchev–Trinajstić information content (AvgIpc) is 2.67. The van der Waals surface area contributed by atoms with Crippen LogP contribution < -0.4 is 0 Å². The third-order valence-electron chi connectivity index (χ3n) is 1.75. The minimum atomic E-state index is 0.635. The Morgan fingerprint density at radius 1 is 1.23 bits per heavy atom. The monoisotopic (exact) mass is 171 g/mol. The fraction of sp³-hybridized carbons (Fsp3) is 0. The van der Waals surface area contributed by atoms with Gasteiger partial charge in [-0.05, 0) is 18.2 Å². The quantitative estimate of drug-likeness (QED) is 0.694. The van der Waals surface area contributed by atoms with Crippen molar-refractivity contribution in [2.45, 2.75) is 0 Å². The van der Waals surface area contributed by atoms with Crippen LogP contribution in [0.1, 0.15) is 5.69 Å². The van der Waals surface area contributed by atoms with Gasteiger partial charge in [0.15, 0.2) is 0 Å². The lowest BCUT2D eigenvalue weighted by atomic mass is 10.2. The van der Waals surface area contributed by atoms with E-state index in [1.54, 1.807) is 12.3 Å². The lowest BCUT2D eigenvalue weighted by Gasteiger charge is -1.91. The van der Waals surface area contributed by atoms with Gasteiger partial charge in [0.1, 0.15) is 12.0 Å². The Balaban J connectivity index is 2.41. The summed E-state index contributed by atoms with van der Waals surface area (Å²) in [6.07, 6.45) is 3.26. The smallest absolute Gasteiger partial charge is 0.226 e. The van der Waals surface area contributed by atoms with Crippen molar-refractivity contribution in [2.75, 3.05) is 0 Å². The van der Waals surface area contributed by atoms with Crippen LogP contribution in [0.4, 0.5) is 0 Å². The highest BCUT2D eigenvalue weighted by Crippen LogP contribution is 2.17. The molecule has 0 aliphatic rings. The van der Waals surface area contributed by atoms with Crippen molar-refractivity contribution < 1.29 is 4.42 Å². The summed E-state index contributed by atoms with van der Waals surface area (Å²) in [7, 11) is 0. The number of aromatic nitrogens is 1. The van der Waals surface area contributed by atoms with E-state index in [0.717, 1.165) is 11.3 Å². The number of rotatable bonds is 2. The van der Waals surface area contributed by atoms with E-state index in [-0.39, 0.29) is 0 Å². The van der Waals surface area contributed by atoms with Gasteiger partial charge in [-0.25, -0.2) is 4.98 Å². The van der Waals surface area contributed by atoms with Crippen molar-refractivity contribution in [1.29, 1.82) is 0 Å². The van der Waals surface area contributed by atoms with Crippen LogP contribution in [0.5, 0.6) is 0 Å². The molecule has 0 N–H and O–H groups in total. The summed E-state index contributed by atoms with van der Waals surface area (Å²) in [5.74, 6) is 0.635. The van der Waals surface area contributed by atoms with Crippen molar-refractivity contribution >= 4 is 6.08 Å². The van der Waals surface area contributed by atoms with E-state index in [0.29, 0.717) is 5.89 Å². The average molecular weight is 171 g/mol. The molecule has 13 heavy (non-hydrogen) atoms. The van der Waals surface area contributed by atoms with E-state index < -0.39 is 0 Å². The molecule has 0 bridgehead atoms.